The van der Waals surface area contributed by atoms with Gasteiger partial charge in [-0.05, 0) is 25.0 Å². The van der Waals surface area contributed by atoms with Gasteiger partial charge in [-0.15, -0.1) is 0 Å². The number of halogens is 1. The summed E-state index contributed by atoms with van der Waals surface area (Å²) in [6.07, 6.45) is 2.62. The van der Waals surface area contributed by atoms with Crippen molar-refractivity contribution in [3.63, 3.8) is 0 Å². The molecule has 1 unspecified atom stereocenters. The highest BCUT2D eigenvalue weighted by Crippen LogP contribution is 2.26. The first-order chi connectivity index (χ1) is 11.1. The fraction of sp³-hybridized carbons (Fsp3) is 0.438. The molecule has 7 heteroatoms. The third kappa shape index (κ3) is 3.67. The lowest BCUT2D eigenvalue weighted by atomic mass is 10.0. The van der Waals surface area contributed by atoms with Gasteiger partial charge in [0.2, 0.25) is 17.6 Å². The van der Waals surface area contributed by atoms with Crippen molar-refractivity contribution in [3.8, 4) is 5.75 Å². The Kier molecular flexibility index (Phi) is 4.55. The van der Waals surface area contributed by atoms with Crippen LogP contribution in [-0.4, -0.2) is 34.5 Å². The minimum Gasteiger partial charge on any atom is -0.485 e. The number of aromatic nitrogens is 2. The molecule has 0 spiro atoms. The zero-order valence-electron chi connectivity index (χ0n) is 12.9. The van der Waals surface area contributed by atoms with Gasteiger partial charge in [0.1, 0.15) is 17.5 Å². The lowest BCUT2D eigenvalue weighted by Crippen LogP contribution is -2.30. The molecule has 2 aromatic rings. The van der Waals surface area contributed by atoms with Crippen LogP contribution >= 0.6 is 0 Å². The Morgan fingerprint density at radius 2 is 2.30 bits per heavy atom. The van der Waals surface area contributed by atoms with E-state index >= 15 is 0 Å². The second-order valence-electron chi connectivity index (χ2n) is 5.60. The molecule has 0 bridgehead atoms. The van der Waals surface area contributed by atoms with Gasteiger partial charge in [0.05, 0.1) is 0 Å². The van der Waals surface area contributed by atoms with E-state index in [1.54, 1.807) is 24.1 Å². The summed E-state index contributed by atoms with van der Waals surface area (Å²) in [7, 11) is 1.78. The molecule has 1 amide bonds. The fourth-order valence-corrected chi connectivity index (χ4v) is 2.60. The molecule has 122 valence electrons. The van der Waals surface area contributed by atoms with Crippen molar-refractivity contribution >= 4 is 5.91 Å². The van der Waals surface area contributed by atoms with Gasteiger partial charge in [0.15, 0.2) is 6.61 Å². The normalized spacial score (nSPS) is 18.8. The minimum absolute atomic E-state index is 0.00347. The molecule has 6 nitrogen and oxygen atoms in total. The first-order valence-corrected chi connectivity index (χ1v) is 7.59. The SMILES string of the molecule is CN1CCCCC(c2nc(COc3cccc(F)c3)no2)C1=O. The average molecular weight is 319 g/mol. The number of rotatable bonds is 4. The number of hydrogen-bond donors (Lipinski definition) is 0. The predicted octanol–water partition coefficient (Wildman–Crippen LogP) is 2.51. The van der Waals surface area contributed by atoms with Gasteiger partial charge >= 0.3 is 0 Å². The monoisotopic (exact) mass is 319 g/mol. The summed E-state index contributed by atoms with van der Waals surface area (Å²) in [5.74, 6) is 0.289. The fourth-order valence-electron chi connectivity index (χ4n) is 2.60. The van der Waals surface area contributed by atoms with Crippen molar-refractivity contribution in [2.24, 2.45) is 0 Å². The maximum atomic E-state index is 13.1. The Hall–Kier alpha value is -2.44. The van der Waals surface area contributed by atoms with Gasteiger partial charge in [-0.3, -0.25) is 4.79 Å². The van der Waals surface area contributed by atoms with Crippen molar-refractivity contribution < 1.29 is 18.4 Å². The molecule has 1 aromatic carbocycles. The largest absolute Gasteiger partial charge is 0.485 e. The number of amides is 1. The van der Waals surface area contributed by atoms with Crippen LogP contribution in [0, 0.1) is 5.82 Å². The van der Waals surface area contributed by atoms with E-state index < -0.39 is 5.92 Å². The molecule has 1 aliphatic rings. The topological polar surface area (TPSA) is 68.5 Å². The Morgan fingerprint density at radius 1 is 1.43 bits per heavy atom. The molecule has 1 atom stereocenters. The number of carbonyl (C=O) groups excluding carboxylic acids is 1. The Bertz CT molecular complexity index is 689. The molecule has 0 saturated carbocycles. The molecule has 1 aliphatic heterocycles. The molecule has 0 N–H and O–H groups in total. The maximum Gasteiger partial charge on any atom is 0.239 e. The number of carbonyl (C=O) groups is 1. The summed E-state index contributed by atoms with van der Waals surface area (Å²) in [6, 6.07) is 5.83. The smallest absolute Gasteiger partial charge is 0.239 e. The first-order valence-electron chi connectivity index (χ1n) is 7.59. The van der Waals surface area contributed by atoms with Crippen molar-refractivity contribution in [2.45, 2.75) is 31.8 Å². The molecule has 23 heavy (non-hydrogen) atoms. The van der Waals surface area contributed by atoms with Gasteiger partial charge < -0.3 is 14.2 Å². The molecule has 2 heterocycles. The first kappa shape index (κ1) is 15.5. The van der Waals surface area contributed by atoms with Crippen LogP contribution in [0.3, 0.4) is 0 Å². The maximum absolute atomic E-state index is 13.1. The molecular weight excluding hydrogens is 301 g/mol. The Labute approximate surface area is 133 Å². The van der Waals surface area contributed by atoms with E-state index in [1.807, 2.05) is 0 Å². The lowest BCUT2D eigenvalue weighted by molar-refractivity contribution is -0.131. The summed E-state index contributed by atoms with van der Waals surface area (Å²) in [5.41, 5.74) is 0. The zero-order valence-corrected chi connectivity index (χ0v) is 12.9. The van der Waals surface area contributed by atoms with E-state index in [2.05, 4.69) is 10.1 Å². The molecule has 0 aliphatic carbocycles. The molecule has 1 fully saturated rings. The number of nitrogens with zero attached hydrogens (tertiary/aromatic N) is 3. The van der Waals surface area contributed by atoms with Gasteiger partial charge in [0.25, 0.3) is 0 Å². The summed E-state index contributed by atoms with van der Waals surface area (Å²) < 4.78 is 23.7. The van der Waals surface area contributed by atoms with E-state index in [4.69, 9.17) is 9.26 Å². The Morgan fingerprint density at radius 3 is 3.13 bits per heavy atom. The number of likely N-dealkylation sites (tertiary alicyclic amines) is 1. The highest BCUT2D eigenvalue weighted by Gasteiger charge is 2.30. The molecular formula is C16H18FN3O3. The van der Waals surface area contributed by atoms with Crippen LogP contribution in [0.15, 0.2) is 28.8 Å². The summed E-state index contributed by atoms with van der Waals surface area (Å²) >= 11 is 0. The molecule has 1 aromatic heterocycles. The second kappa shape index (κ2) is 6.76. The van der Waals surface area contributed by atoms with Crippen molar-refractivity contribution in [3.05, 3.63) is 41.8 Å². The molecule has 0 radical (unpaired) electrons. The van der Waals surface area contributed by atoms with Gasteiger partial charge in [-0.2, -0.15) is 4.98 Å². The Balaban J connectivity index is 1.66. The third-order valence-corrected chi connectivity index (χ3v) is 3.86. The molecule has 3 rings (SSSR count). The summed E-state index contributed by atoms with van der Waals surface area (Å²) in [4.78, 5) is 18.3. The van der Waals surface area contributed by atoms with Crippen LogP contribution in [-0.2, 0) is 11.4 Å². The van der Waals surface area contributed by atoms with Crippen LogP contribution in [0.1, 0.15) is 36.9 Å². The van der Waals surface area contributed by atoms with Crippen molar-refractivity contribution in [1.82, 2.24) is 15.0 Å². The number of ether oxygens (including phenoxy) is 1. The third-order valence-electron chi connectivity index (χ3n) is 3.86. The number of likely N-dealkylation sites (N-methyl/N-ethyl adjacent to an activating group) is 1. The van der Waals surface area contributed by atoms with E-state index in [1.165, 1.54) is 12.1 Å². The number of hydrogen-bond acceptors (Lipinski definition) is 5. The van der Waals surface area contributed by atoms with Crippen LogP contribution in [0.4, 0.5) is 4.39 Å². The molecule has 1 saturated heterocycles. The standard InChI is InChI=1S/C16H18FN3O3/c1-20-8-3-2-7-13(16(20)21)15-18-14(19-23-15)10-22-12-6-4-5-11(17)9-12/h4-6,9,13H,2-3,7-8,10H2,1H3. The average Bonchev–Trinajstić information content (AvgIpc) is 2.94. The van der Waals surface area contributed by atoms with Gasteiger partial charge in [-0.25, -0.2) is 4.39 Å². The lowest BCUT2D eigenvalue weighted by Gasteiger charge is -2.16. The second-order valence-corrected chi connectivity index (χ2v) is 5.60. The van der Waals surface area contributed by atoms with Gasteiger partial charge in [0, 0.05) is 19.7 Å². The summed E-state index contributed by atoms with van der Waals surface area (Å²) in [5, 5.41) is 3.84. The number of benzene rings is 1. The van der Waals surface area contributed by atoms with Crippen LogP contribution in [0.5, 0.6) is 5.75 Å². The highest BCUT2D eigenvalue weighted by molar-refractivity contribution is 5.82. The van der Waals surface area contributed by atoms with Crippen LogP contribution in [0.25, 0.3) is 0 Å². The van der Waals surface area contributed by atoms with E-state index in [0.29, 0.717) is 23.9 Å². The highest BCUT2D eigenvalue weighted by atomic mass is 19.1. The van der Waals surface area contributed by atoms with E-state index in [0.717, 1.165) is 19.4 Å². The van der Waals surface area contributed by atoms with Gasteiger partial charge in [-0.1, -0.05) is 17.6 Å². The van der Waals surface area contributed by atoms with Crippen LogP contribution < -0.4 is 4.74 Å². The van der Waals surface area contributed by atoms with E-state index in [9.17, 15) is 9.18 Å². The van der Waals surface area contributed by atoms with Crippen molar-refractivity contribution in [2.75, 3.05) is 13.6 Å². The van der Waals surface area contributed by atoms with Crippen LogP contribution in [0.2, 0.25) is 0 Å². The van der Waals surface area contributed by atoms with Crippen molar-refractivity contribution in [1.29, 1.82) is 0 Å². The summed E-state index contributed by atoms with van der Waals surface area (Å²) in [6.45, 7) is 0.808. The van der Waals surface area contributed by atoms with E-state index in [-0.39, 0.29) is 18.3 Å². The zero-order chi connectivity index (χ0) is 16.2. The predicted molar refractivity (Wildman–Crippen MR) is 79.3 cm³/mol. The minimum atomic E-state index is -0.391. The quantitative estimate of drug-likeness (QED) is 0.866.